The second kappa shape index (κ2) is 7.99. The van der Waals surface area contributed by atoms with Crippen LogP contribution < -0.4 is 14.8 Å². The first-order valence-corrected chi connectivity index (χ1v) is 9.78. The molecule has 1 aromatic carbocycles. The van der Waals surface area contributed by atoms with Gasteiger partial charge in [0, 0.05) is 18.3 Å². The van der Waals surface area contributed by atoms with Crippen molar-refractivity contribution >= 4 is 5.91 Å². The molecule has 5 heteroatoms. The minimum atomic E-state index is -0.0564. The van der Waals surface area contributed by atoms with Crippen LogP contribution in [0.1, 0.15) is 32.6 Å². The van der Waals surface area contributed by atoms with Crippen LogP contribution in [0.15, 0.2) is 48.7 Å². The van der Waals surface area contributed by atoms with E-state index in [-0.39, 0.29) is 18.6 Å². The summed E-state index contributed by atoms with van der Waals surface area (Å²) in [5.74, 6) is 4.14. The smallest absolute Gasteiger partial charge is 0.258 e. The molecule has 2 aliphatic carbocycles. The second-order valence-electron chi connectivity index (χ2n) is 7.73. The van der Waals surface area contributed by atoms with Crippen molar-refractivity contribution in [3.8, 4) is 17.4 Å². The summed E-state index contributed by atoms with van der Waals surface area (Å²) in [6.45, 7) is 2.17. The average Bonchev–Trinajstić information content (AvgIpc) is 3.32. The van der Waals surface area contributed by atoms with Crippen LogP contribution in [0.5, 0.6) is 17.4 Å². The zero-order valence-corrected chi connectivity index (χ0v) is 15.6. The van der Waals surface area contributed by atoms with E-state index in [1.165, 1.54) is 25.7 Å². The van der Waals surface area contributed by atoms with Crippen LogP contribution in [0.3, 0.4) is 0 Å². The molecule has 2 saturated carbocycles. The van der Waals surface area contributed by atoms with Gasteiger partial charge in [-0.15, -0.1) is 0 Å². The molecule has 27 heavy (non-hydrogen) atoms. The molecule has 4 rings (SSSR count). The number of amides is 1. The third-order valence-corrected chi connectivity index (χ3v) is 5.88. The summed E-state index contributed by atoms with van der Waals surface area (Å²) in [6, 6.07) is 12.9. The number of carbonyl (C=O) groups is 1. The molecular weight excluding hydrogens is 340 g/mol. The number of rotatable bonds is 7. The predicted octanol–water partition coefficient (Wildman–Crippen LogP) is 4.19. The molecule has 1 N–H and O–H groups in total. The van der Waals surface area contributed by atoms with E-state index in [0.29, 0.717) is 23.3 Å². The molecule has 2 bridgehead atoms. The van der Waals surface area contributed by atoms with Crippen molar-refractivity contribution in [2.45, 2.75) is 38.6 Å². The highest BCUT2D eigenvalue weighted by Crippen LogP contribution is 2.49. The minimum Gasteiger partial charge on any atom is -0.484 e. The molecule has 2 fully saturated rings. The highest BCUT2D eigenvalue weighted by Gasteiger charge is 2.42. The van der Waals surface area contributed by atoms with Crippen molar-refractivity contribution in [3.63, 3.8) is 0 Å². The number of hydrogen-bond acceptors (Lipinski definition) is 4. The number of nitrogens with zero attached hydrogens (tertiary/aromatic N) is 1. The molecule has 0 aliphatic heterocycles. The van der Waals surface area contributed by atoms with Gasteiger partial charge in [0.25, 0.3) is 5.91 Å². The summed E-state index contributed by atoms with van der Waals surface area (Å²) in [7, 11) is 0. The lowest BCUT2D eigenvalue weighted by molar-refractivity contribution is -0.124. The first-order valence-electron chi connectivity index (χ1n) is 9.78. The Morgan fingerprint density at radius 2 is 1.96 bits per heavy atom. The summed E-state index contributed by atoms with van der Waals surface area (Å²) >= 11 is 0. The summed E-state index contributed by atoms with van der Waals surface area (Å²) in [4.78, 5) is 16.4. The zero-order chi connectivity index (χ0) is 18.6. The van der Waals surface area contributed by atoms with Crippen molar-refractivity contribution in [2.75, 3.05) is 6.61 Å². The van der Waals surface area contributed by atoms with Gasteiger partial charge in [-0.3, -0.25) is 4.79 Å². The normalized spacial score (nSPS) is 24.4. The summed E-state index contributed by atoms with van der Waals surface area (Å²) < 4.78 is 11.3. The molecule has 0 spiro atoms. The third-order valence-electron chi connectivity index (χ3n) is 5.88. The van der Waals surface area contributed by atoms with Gasteiger partial charge in [-0.25, -0.2) is 4.98 Å². The molecule has 2 aromatic rings. The maximum absolute atomic E-state index is 12.2. The first kappa shape index (κ1) is 17.8. The van der Waals surface area contributed by atoms with Crippen molar-refractivity contribution in [1.82, 2.24) is 10.3 Å². The number of benzene rings is 1. The summed E-state index contributed by atoms with van der Waals surface area (Å²) in [5.41, 5.74) is 0. The Balaban J connectivity index is 1.23. The van der Waals surface area contributed by atoms with Crippen LogP contribution in [-0.4, -0.2) is 23.5 Å². The largest absolute Gasteiger partial charge is 0.484 e. The number of aromatic nitrogens is 1. The van der Waals surface area contributed by atoms with E-state index in [9.17, 15) is 4.79 Å². The molecule has 1 aromatic heterocycles. The number of nitrogens with one attached hydrogen (secondary N) is 1. The van der Waals surface area contributed by atoms with E-state index in [2.05, 4.69) is 17.2 Å². The molecular formula is C22H26N2O3. The van der Waals surface area contributed by atoms with Crippen LogP contribution in [0, 0.1) is 17.8 Å². The van der Waals surface area contributed by atoms with Crippen LogP contribution in [0.25, 0.3) is 0 Å². The average molecular weight is 366 g/mol. The van der Waals surface area contributed by atoms with Crippen molar-refractivity contribution in [3.05, 3.63) is 48.7 Å². The molecule has 2 aliphatic rings. The molecule has 0 unspecified atom stereocenters. The highest BCUT2D eigenvalue weighted by atomic mass is 16.5. The fourth-order valence-corrected chi connectivity index (χ4v) is 4.59. The number of hydrogen-bond donors (Lipinski definition) is 1. The Hall–Kier alpha value is -2.56. The van der Waals surface area contributed by atoms with Gasteiger partial charge in [0.05, 0.1) is 0 Å². The highest BCUT2D eigenvalue weighted by molar-refractivity contribution is 5.77. The van der Waals surface area contributed by atoms with E-state index in [1.807, 2.05) is 12.1 Å². The maximum Gasteiger partial charge on any atom is 0.258 e. The van der Waals surface area contributed by atoms with E-state index in [4.69, 9.17) is 9.47 Å². The molecule has 142 valence electrons. The Labute approximate surface area is 160 Å². The van der Waals surface area contributed by atoms with Crippen LogP contribution >= 0.6 is 0 Å². The van der Waals surface area contributed by atoms with Crippen LogP contribution in [-0.2, 0) is 4.79 Å². The van der Waals surface area contributed by atoms with Gasteiger partial charge in [-0.05, 0) is 74.3 Å². The van der Waals surface area contributed by atoms with Gasteiger partial charge < -0.3 is 14.8 Å². The van der Waals surface area contributed by atoms with Gasteiger partial charge in [-0.1, -0.05) is 12.5 Å². The zero-order valence-electron chi connectivity index (χ0n) is 15.6. The quantitative estimate of drug-likeness (QED) is 0.798. The third kappa shape index (κ3) is 4.41. The van der Waals surface area contributed by atoms with Gasteiger partial charge in [0.1, 0.15) is 11.5 Å². The molecule has 4 atom stereocenters. The Bertz CT molecular complexity index is 763. The summed E-state index contributed by atoms with van der Waals surface area (Å²) in [6.07, 6.45) is 7.02. The predicted molar refractivity (Wildman–Crippen MR) is 103 cm³/mol. The molecule has 1 heterocycles. The van der Waals surface area contributed by atoms with Crippen molar-refractivity contribution in [2.24, 2.45) is 17.8 Å². The number of carbonyl (C=O) groups excluding carboxylic acids is 1. The van der Waals surface area contributed by atoms with E-state index < -0.39 is 0 Å². The van der Waals surface area contributed by atoms with E-state index >= 15 is 0 Å². The number of pyridine rings is 1. The molecule has 5 nitrogen and oxygen atoms in total. The lowest BCUT2D eigenvalue weighted by Crippen LogP contribution is -2.42. The minimum absolute atomic E-state index is 0.0333. The van der Waals surface area contributed by atoms with E-state index in [0.717, 1.165) is 11.8 Å². The van der Waals surface area contributed by atoms with Crippen molar-refractivity contribution < 1.29 is 14.3 Å². The lowest BCUT2D eigenvalue weighted by atomic mass is 9.84. The van der Waals surface area contributed by atoms with Gasteiger partial charge in [0.2, 0.25) is 5.88 Å². The molecule has 1 amide bonds. The molecule has 0 saturated heterocycles. The lowest BCUT2D eigenvalue weighted by Gasteiger charge is -2.28. The maximum atomic E-state index is 12.2. The number of fused-ring (bicyclic) bond motifs is 2. The Kier molecular flexibility index (Phi) is 5.28. The fraction of sp³-hybridized carbons (Fsp3) is 0.455. The number of ether oxygens (including phenoxy) is 2. The van der Waals surface area contributed by atoms with Crippen LogP contribution in [0.2, 0.25) is 0 Å². The van der Waals surface area contributed by atoms with Gasteiger partial charge in [-0.2, -0.15) is 0 Å². The van der Waals surface area contributed by atoms with Crippen molar-refractivity contribution in [1.29, 1.82) is 0 Å². The topological polar surface area (TPSA) is 60.5 Å². The Morgan fingerprint density at radius 3 is 2.63 bits per heavy atom. The monoisotopic (exact) mass is 366 g/mol. The standard InChI is InChI=1S/C22H26N2O3/c1-15(20-13-16-5-6-17(20)12-16)24-21(25)14-26-18-7-9-19(10-8-18)27-22-4-2-3-11-23-22/h2-4,7-11,15-17,20H,5-6,12-14H2,1H3,(H,24,25)/t15-,16+,17+,20+/m1/s1. The fourth-order valence-electron chi connectivity index (χ4n) is 4.59. The Morgan fingerprint density at radius 1 is 1.15 bits per heavy atom. The van der Waals surface area contributed by atoms with Gasteiger partial charge in [0.15, 0.2) is 6.61 Å². The van der Waals surface area contributed by atoms with Crippen LogP contribution in [0.4, 0.5) is 0 Å². The molecule has 0 radical (unpaired) electrons. The summed E-state index contributed by atoms with van der Waals surface area (Å²) in [5, 5.41) is 3.12. The SMILES string of the molecule is C[C@@H](NC(=O)COc1ccc(Oc2ccccn2)cc1)[C@@H]1C[C@H]2CC[C@H]1C2. The van der Waals surface area contributed by atoms with E-state index in [1.54, 1.807) is 36.5 Å². The van der Waals surface area contributed by atoms with Gasteiger partial charge >= 0.3 is 0 Å². The second-order valence-corrected chi connectivity index (χ2v) is 7.73. The first-order chi connectivity index (χ1) is 13.2.